The van der Waals surface area contributed by atoms with Crippen LogP contribution in [0.3, 0.4) is 0 Å². The maximum atomic E-state index is 12.8. The molecule has 2 aromatic rings. The van der Waals surface area contributed by atoms with E-state index in [2.05, 4.69) is 0 Å². The molecule has 0 bridgehead atoms. The zero-order valence-electron chi connectivity index (χ0n) is 16.1. The van der Waals surface area contributed by atoms with Crippen molar-refractivity contribution in [1.82, 2.24) is 0 Å². The van der Waals surface area contributed by atoms with Crippen molar-refractivity contribution in [3.8, 4) is 0 Å². The minimum atomic E-state index is -2.09. The molecule has 0 aliphatic carbocycles. The minimum Gasteiger partial charge on any atom is -0.493 e. The van der Waals surface area contributed by atoms with Crippen molar-refractivity contribution in [3.63, 3.8) is 0 Å². The molecule has 0 radical (unpaired) electrons. The molecule has 2 aromatic carbocycles. The third-order valence-electron chi connectivity index (χ3n) is 4.01. The quantitative estimate of drug-likeness (QED) is 0.530. The number of ether oxygens (including phenoxy) is 2. The summed E-state index contributed by atoms with van der Waals surface area (Å²) in [6.45, 7) is 6.15. The SMILES string of the molecule is COC1=C(c2ccccc2)C(=O)OC1(/C=C/c1ccccc1)O[Si](C)(C)C. The van der Waals surface area contributed by atoms with Crippen molar-refractivity contribution in [3.05, 3.63) is 83.6 Å². The van der Waals surface area contributed by atoms with Crippen molar-refractivity contribution in [1.29, 1.82) is 0 Å². The largest absolute Gasteiger partial charge is 0.493 e. The Balaban J connectivity index is 2.13. The fraction of sp³-hybridized carbons (Fsp3) is 0.227. The van der Waals surface area contributed by atoms with Gasteiger partial charge >= 0.3 is 5.97 Å². The Morgan fingerprint density at radius 3 is 2.11 bits per heavy atom. The molecule has 0 amide bonds. The fourth-order valence-electron chi connectivity index (χ4n) is 3.04. The van der Waals surface area contributed by atoms with Crippen molar-refractivity contribution in [2.75, 3.05) is 7.11 Å². The van der Waals surface area contributed by atoms with E-state index in [1.807, 2.05) is 86.4 Å². The van der Waals surface area contributed by atoms with Crippen LogP contribution < -0.4 is 0 Å². The number of rotatable bonds is 6. The lowest BCUT2D eigenvalue weighted by molar-refractivity contribution is -0.167. The van der Waals surface area contributed by atoms with Crippen molar-refractivity contribution in [2.45, 2.75) is 25.4 Å². The Bertz CT molecular complexity index is 866. The average Bonchev–Trinajstić information content (AvgIpc) is 2.91. The van der Waals surface area contributed by atoms with Gasteiger partial charge in [-0.05, 0) is 36.8 Å². The molecule has 5 heteroatoms. The first-order valence-electron chi connectivity index (χ1n) is 8.87. The smallest absolute Gasteiger partial charge is 0.345 e. The second-order valence-corrected chi connectivity index (χ2v) is 11.7. The molecule has 27 heavy (non-hydrogen) atoms. The molecule has 1 unspecified atom stereocenters. The molecule has 0 aromatic heterocycles. The Labute approximate surface area is 161 Å². The van der Waals surface area contributed by atoms with E-state index < -0.39 is 20.1 Å². The fourth-order valence-corrected chi connectivity index (χ4v) is 4.15. The summed E-state index contributed by atoms with van der Waals surface area (Å²) in [6.07, 6.45) is 3.66. The van der Waals surface area contributed by atoms with E-state index in [1.54, 1.807) is 13.2 Å². The van der Waals surface area contributed by atoms with Gasteiger partial charge in [0, 0.05) is 0 Å². The summed E-state index contributed by atoms with van der Waals surface area (Å²) >= 11 is 0. The van der Waals surface area contributed by atoms with Crippen LogP contribution in [-0.2, 0) is 18.7 Å². The number of carbonyl (C=O) groups is 1. The summed E-state index contributed by atoms with van der Waals surface area (Å²) in [5.41, 5.74) is 2.12. The Morgan fingerprint density at radius 1 is 0.963 bits per heavy atom. The van der Waals surface area contributed by atoms with Crippen LogP contribution in [0.25, 0.3) is 11.6 Å². The third kappa shape index (κ3) is 4.21. The van der Waals surface area contributed by atoms with Gasteiger partial charge in [0.1, 0.15) is 5.57 Å². The number of cyclic esters (lactones) is 1. The van der Waals surface area contributed by atoms with Crippen molar-refractivity contribution in [2.24, 2.45) is 0 Å². The Hall–Kier alpha value is -2.63. The second-order valence-electron chi connectivity index (χ2n) is 7.29. The first kappa shape index (κ1) is 19.1. The predicted octanol–water partition coefficient (Wildman–Crippen LogP) is 4.86. The third-order valence-corrected chi connectivity index (χ3v) is 4.93. The van der Waals surface area contributed by atoms with Gasteiger partial charge in [0.05, 0.1) is 7.11 Å². The standard InChI is InChI=1S/C22H24O4Si/c1-24-20-19(18-13-9-6-10-14-18)21(23)25-22(20,26-27(2,3)4)16-15-17-11-7-5-8-12-17/h5-16H,1-4H3/b16-15+. The van der Waals surface area contributed by atoms with Gasteiger partial charge in [-0.25, -0.2) is 4.79 Å². The molecule has 0 spiro atoms. The molecule has 1 heterocycles. The molecule has 1 atom stereocenters. The van der Waals surface area contributed by atoms with Crippen LogP contribution in [0.1, 0.15) is 11.1 Å². The van der Waals surface area contributed by atoms with Crippen LogP contribution in [0.2, 0.25) is 19.6 Å². The van der Waals surface area contributed by atoms with E-state index >= 15 is 0 Å². The Morgan fingerprint density at radius 2 is 1.56 bits per heavy atom. The summed E-state index contributed by atoms with van der Waals surface area (Å²) in [7, 11) is -0.553. The highest BCUT2D eigenvalue weighted by Gasteiger charge is 2.51. The molecule has 0 saturated heterocycles. The number of esters is 1. The summed E-state index contributed by atoms with van der Waals surface area (Å²) in [4.78, 5) is 12.8. The van der Waals surface area contributed by atoms with Gasteiger partial charge in [-0.2, -0.15) is 0 Å². The highest BCUT2D eigenvalue weighted by Crippen LogP contribution is 2.42. The van der Waals surface area contributed by atoms with Gasteiger partial charge in [0.2, 0.25) is 0 Å². The molecule has 0 N–H and O–H groups in total. The van der Waals surface area contributed by atoms with Gasteiger partial charge in [-0.3, -0.25) is 0 Å². The van der Waals surface area contributed by atoms with Gasteiger partial charge < -0.3 is 13.9 Å². The van der Waals surface area contributed by atoms with Crippen LogP contribution in [0.4, 0.5) is 0 Å². The Kier molecular flexibility index (Phi) is 5.35. The molecule has 1 aliphatic rings. The van der Waals surface area contributed by atoms with E-state index in [4.69, 9.17) is 13.9 Å². The van der Waals surface area contributed by atoms with Gasteiger partial charge in [0.25, 0.3) is 5.79 Å². The zero-order chi connectivity index (χ0) is 19.5. The monoisotopic (exact) mass is 380 g/mol. The molecule has 0 saturated carbocycles. The minimum absolute atomic E-state index is 0.383. The molecule has 140 valence electrons. The first-order chi connectivity index (χ1) is 12.8. The van der Waals surface area contributed by atoms with E-state index in [0.717, 1.165) is 11.1 Å². The number of hydrogen-bond donors (Lipinski definition) is 0. The van der Waals surface area contributed by atoms with E-state index in [-0.39, 0.29) is 0 Å². The molecule has 0 fully saturated rings. The number of methoxy groups -OCH3 is 1. The van der Waals surface area contributed by atoms with Gasteiger partial charge in [-0.1, -0.05) is 66.7 Å². The highest BCUT2D eigenvalue weighted by molar-refractivity contribution is 6.69. The zero-order valence-corrected chi connectivity index (χ0v) is 17.1. The topological polar surface area (TPSA) is 44.8 Å². The maximum Gasteiger partial charge on any atom is 0.345 e. The number of benzene rings is 2. The molecule has 3 rings (SSSR count). The summed E-state index contributed by atoms with van der Waals surface area (Å²) in [5, 5.41) is 0. The normalized spacial score (nSPS) is 20.2. The number of carbonyl (C=O) groups excluding carboxylic acids is 1. The molecule has 1 aliphatic heterocycles. The molecular formula is C22H24O4Si. The lowest BCUT2D eigenvalue weighted by Gasteiger charge is -2.33. The highest BCUT2D eigenvalue weighted by atomic mass is 28.4. The second kappa shape index (κ2) is 7.54. The summed E-state index contributed by atoms with van der Waals surface area (Å²) in [5.74, 6) is -1.43. The first-order valence-corrected chi connectivity index (χ1v) is 12.3. The van der Waals surface area contributed by atoms with Crippen molar-refractivity contribution < 1.29 is 18.7 Å². The average molecular weight is 381 g/mol. The molecular weight excluding hydrogens is 356 g/mol. The predicted molar refractivity (Wildman–Crippen MR) is 109 cm³/mol. The number of hydrogen-bond acceptors (Lipinski definition) is 4. The molecule has 4 nitrogen and oxygen atoms in total. The van der Waals surface area contributed by atoms with Crippen LogP contribution in [0.15, 0.2) is 72.5 Å². The van der Waals surface area contributed by atoms with E-state index in [0.29, 0.717) is 11.3 Å². The lowest BCUT2D eigenvalue weighted by Crippen LogP contribution is -2.43. The van der Waals surface area contributed by atoms with Crippen molar-refractivity contribution >= 4 is 25.9 Å². The summed E-state index contributed by atoms with van der Waals surface area (Å²) < 4.78 is 17.8. The van der Waals surface area contributed by atoms with Crippen LogP contribution in [0.5, 0.6) is 0 Å². The maximum absolute atomic E-state index is 12.8. The summed E-state index contributed by atoms with van der Waals surface area (Å²) in [6, 6.07) is 19.2. The van der Waals surface area contributed by atoms with Crippen LogP contribution in [-0.4, -0.2) is 27.2 Å². The lowest BCUT2D eigenvalue weighted by atomic mass is 10.0. The van der Waals surface area contributed by atoms with Gasteiger partial charge in [-0.15, -0.1) is 0 Å². The van der Waals surface area contributed by atoms with E-state index in [9.17, 15) is 4.79 Å². The van der Waals surface area contributed by atoms with E-state index in [1.165, 1.54) is 0 Å². The van der Waals surface area contributed by atoms with Gasteiger partial charge in [0.15, 0.2) is 14.1 Å². The van der Waals surface area contributed by atoms with Crippen LogP contribution >= 0.6 is 0 Å². The van der Waals surface area contributed by atoms with Crippen LogP contribution in [0, 0.1) is 0 Å².